The average Bonchev–Trinajstić information content (AvgIpc) is 3.25. The quantitative estimate of drug-likeness (QED) is 0.729. The first-order valence-electron chi connectivity index (χ1n) is 9.42. The molecule has 2 aliphatic carbocycles. The van der Waals surface area contributed by atoms with Crippen LogP contribution in [0, 0.1) is 17.8 Å². The molecule has 2 heterocycles. The van der Waals surface area contributed by atoms with Crippen molar-refractivity contribution in [1.82, 2.24) is 4.98 Å². The lowest BCUT2D eigenvalue weighted by molar-refractivity contribution is 0.307. The standard InChI is InChI=1S/C21H25NOS2/c1-21(2,3)14-8-6-11(7-9-14)15-16-12-4-5-13(10-12)17(16)24-19-18(15)25-20(23)22-19/h6-9,12-13,15-17H,4-5,10H2,1-3H3,(H,22,23)/t12?,13?,15-,16?,17?/m1/s1. The lowest BCUT2D eigenvalue weighted by Crippen LogP contribution is -2.33. The molecular formula is C21H25NOS2. The summed E-state index contributed by atoms with van der Waals surface area (Å²) in [7, 11) is 0. The molecule has 1 N–H and O–H groups in total. The topological polar surface area (TPSA) is 32.9 Å². The number of thioether (sulfide) groups is 1. The molecule has 4 heteroatoms. The van der Waals surface area contributed by atoms with Crippen molar-refractivity contribution >= 4 is 23.1 Å². The maximum atomic E-state index is 12.1. The molecule has 1 aromatic heterocycles. The summed E-state index contributed by atoms with van der Waals surface area (Å²) in [5, 5.41) is 1.86. The normalized spacial score (nSPS) is 33.3. The van der Waals surface area contributed by atoms with E-state index in [0.717, 1.165) is 16.9 Å². The van der Waals surface area contributed by atoms with Crippen LogP contribution < -0.4 is 4.87 Å². The molecule has 2 fully saturated rings. The fraction of sp³-hybridized carbons (Fsp3) is 0.571. The Hall–Kier alpha value is -1.000. The van der Waals surface area contributed by atoms with Gasteiger partial charge in [0, 0.05) is 16.0 Å². The summed E-state index contributed by atoms with van der Waals surface area (Å²) >= 11 is 3.42. The molecule has 3 aliphatic rings. The van der Waals surface area contributed by atoms with E-state index >= 15 is 0 Å². The van der Waals surface area contributed by atoms with E-state index in [4.69, 9.17) is 0 Å². The molecule has 25 heavy (non-hydrogen) atoms. The number of fused-ring (bicyclic) bond motifs is 6. The fourth-order valence-corrected chi connectivity index (χ4v) is 8.31. The Kier molecular flexibility index (Phi) is 3.56. The Balaban J connectivity index is 1.61. The fourth-order valence-electron chi connectivity index (χ4n) is 5.41. The summed E-state index contributed by atoms with van der Waals surface area (Å²) in [6, 6.07) is 9.26. The van der Waals surface area contributed by atoms with Crippen molar-refractivity contribution in [2.24, 2.45) is 17.8 Å². The zero-order valence-corrected chi connectivity index (χ0v) is 16.7. The van der Waals surface area contributed by atoms with Crippen molar-refractivity contribution in [1.29, 1.82) is 0 Å². The van der Waals surface area contributed by atoms with E-state index in [1.165, 1.54) is 46.6 Å². The van der Waals surface area contributed by atoms with Gasteiger partial charge in [-0.1, -0.05) is 56.4 Å². The number of thiazole rings is 1. The summed E-state index contributed by atoms with van der Waals surface area (Å²) < 4.78 is 0. The van der Waals surface area contributed by atoms with Crippen molar-refractivity contribution in [2.45, 2.75) is 61.6 Å². The molecule has 2 saturated carbocycles. The van der Waals surface area contributed by atoms with Crippen LogP contribution in [0.4, 0.5) is 0 Å². The van der Waals surface area contributed by atoms with Crippen molar-refractivity contribution < 1.29 is 0 Å². The summed E-state index contributed by atoms with van der Waals surface area (Å²) in [6.07, 6.45) is 4.17. The van der Waals surface area contributed by atoms with Gasteiger partial charge in [0.1, 0.15) is 0 Å². The molecule has 2 aromatic rings. The molecule has 4 unspecified atom stereocenters. The van der Waals surface area contributed by atoms with Gasteiger partial charge in [-0.15, -0.1) is 11.8 Å². The first-order chi connectivity index (χ1) is 11.9. The Bertz CT molecular complexity index is 857. The summed E-state index contributed by atoms with van der Waals surface area (Å²) in [5.74, 6) is 2.82. The Morgan fingerprint density at radius 2 is 1.80 bits per heavy atom. The highest BCUT2D eigenvalue weighted by molar-refractivity contribution is 8.00. The Morgan fingerprint density at radius 1 is 1.08 bits per heavy atom. The lowest BCUT2D eigenvalue weighted by atomic mass is 9.74. The molecule has 2 bridgehead atoms. The zero-order chi connectivity index (χ0) is 17.3. The van der Waals surface area contributed by atoms with E-state index in [2.05, 4.69) is 50.0 Å². The second-order valence-corrected chi connectivity index (χ2v) is 11.3. The second-order valence-electron chi connectivity index (χ2n) is 9.05. The SMILES string of the molecule is CC(C)(C)c1ccc([C@H]2c3sc(=O)[nH]c3SC3C4CCC(C4)C32)cc1. The number of aromatic nitrogens is 1. The van der Waals surface area contributed by atoms with Crippen LogP contribution in [0.15, 0.2) is 34.1 Å². The van der Waals surface area contributed by atoms with Gasteiger partial charge in [0.05, 0.1) is 5.03 Å². The van der Waals surface area contributed by atoms with Crippen LogP contribution >= 0.6 is 23.1 Å². The summed E-state index contributed by atoms with van der Waals surface area (Å²) in [6.45, 7) is 6.80. The Labute approximate surface area is 157 Å². The van der Waals surface area contributed by atoms with Gasteiger partial charge < -0.3 is 4.98 Å². The van der Waals surface area contributed by atoms with Gasteiger partial charge in [-0.2, -0.15) is 0 Å². The number of nitrogens with one attached hydrogen (secondary N) is 1. The molecule has 132 valence electrons. The van der Waals surface area contributed by atoms with Crippen LogP contribution in [-0.4, -0.2) is 10.2 Å². The highest BCUT2D eigenvalue weighted by Gasteiger charge is 2.54. The minimum absolute atomic E-state index is 0.112. The summed E-state index contributed by atoms with van der Waals surface area (Å²) in [5.41, 5.74) is 2.97. The van der Waals surface area contributed by atoms with Crippen LogP contribution in [0.5, 0.6) is 0 Å². The minimum Gasteiger partial charge on any atom is -0.307 e. The predicted octanol–water partition coefficient (Wildman–Crippen LogP) is 5.39. The van der Waals surface area contributed by atoms with Gasteiger partial charge in [-0.3, -0.25) is 4.79 Å². The van der Waals surface area contributed by atoms with Crippen molar-refractivity contribution in [3.05, 3.63) is 49.9 Å². The number of hydrogen-bond donors (Lipinski definition) is 1. The van der Waals surface area contributed by atoms with Crippen molar-refractivity contribution in [3.8, 4) is 0 Å². The third-order valence-electron chi connectivity index (χ3n) is 6.60. The van der Waals surface area contributed by atoms with E-state index < -0.39 is 0 Å². The highest BCUT2D eigenvalue weighted by Crippen LogP contribution is 2.63. The molecule has 1 aliphatic heterocycles. The van der Waals surface area contributed by atoms with Gasteiger partial charge in [0.15, 0.2) is 0 Å². The van der Waals surface area contributed by atoms with Crippen LogP contribution in [-0.2, 0) is 5.41 Å². The smallest absolute Gasteiger partial charge is 0.305 e. The number of rotatable bonds is 1. The average molecular weight is 372 g/mol. The molecule has 0 saturated heterocycles. The van der Waals surface area contributed by atoms with Crippen LogP contribution in [0.3, 0.4) is 0 Å². The van der Waals surface area contributed by atoms with Gasteiger partial charge in [-0.05, 0) is 53.6 Å². The van der Waals surface area contributed by atoms with Gasteiger partial charge in [0.25, 0.3) is 0 Å². The van der Waals surface area contributed by atoms with E-state index in [1.807, 2.05) is 11.8 Å². The van der Waals surface area contributed by atoms with E-state index in [0.29, 0.717) is 17.1 Å². The largest absolute Gasteiger partial charge is 0.307 e. The maximum absolute atomic E-state index is 12.1. The Morgan fingerprint density at radius 3 is 2.52 bits per heavy atom. The number of aromatic amines is 1. The lowest BCUT2D eigenvalue weighted by Gasteiger charge is -2.40. The highest BCUT2D eigenvalue weighted by atomic mass is 32.2. The monoisotopic (exact) mass is 371 g/mol. The molecule has 1 aromatic carbocycles. The predicted molar refractivity (Wildman–Crippen MR) is 106 cm³/mol. The van der Waals surface area contributed by atoms with Gasteiger partial charge >= 0.3 is 4.87 Å². The first-order valence-corrected chi connectivity index (χ1v) is 11.1. The van der Waals surface area contributed by atoms with Gasteiger partial charge in [-0.25, -0.2) is 0 Å². The molecule has 2 nitrogen and oxygen atoms in total. The van der Waals surface area contributed by atoms with Crippen LogP contribution in [0.1, 0.15) is 62.0 Å². The third-order valence-corrected chi connectivity index (χ3v) is 9.22. The maximum Gasteiger partial charge on any atom is 0.305 e. The van der Waals surface area contributed by atoms with E-state index in [-0.39, 0.29) is 10.3 Å². The van der Waals surface area contributed by atoms with Crippen molar-refractivity contribution in [3.63, 3.8) is 0 Å². The number of hydrogen-bond acceptors (Lipinski definition) is 3. The van der Waals surface area contributed by atoms with Crippen LogP contribution in [0.2, 0.25) is 0 Å². The molecule has 5 atom stereocenters. The molecular weight excluding hydrogens is 346 g/mol. The molecule has 5 rings (SSSR count). The summed E-state index contributed by atoms with van der Waals surface area (Å²) in [4.78, 5) is 16.6. The molecule has 0 amide bonds. The van der Waals surface area contributed by atoms with Crippen LogP contribution in [0.25, 0.3) is 0 Å². The number of H-pyrrole nitrogens is 1. The number of benzene rings is 1. The molecule has 0 spiro atoms. The zero-order valence-electron chi connectivity index (χ0n) is 15.0. The van der Waals surface area contributed by atoms with E-state index in [9.17, 15) is 4.79 Å². The molecule has 0 radical (unpaired) electrons. The first kappa shape index (κ1) is 16.2. The minimum atomic E-state index is 0.112. The van der Waals surface area contributed by atoms with E-state index in [1.54, 1.807) is 0 Å². The van der Waals surface area contributed by atoms with Gasteiger partial charge in [0.2, 0.25) is 0 Å². The van der Waals surface area contributed by atoms with Crippen molar-refractivity contribution in [2.75, 3.05) is 0 Å². The second kappa shape index (κ2) is 5.50. The third kappa shape index (κ3) is 2.48.